The van der Waals surface area contributed by atoms with Crippen LogP contribution in [-0.2, 0) is 6.18 Å². The highest BCUT2D eigenvalue weighted by atomic mass is 19.4. The fraction of sp³-hybridized carbons (Fsp3) is 0.0526. The number of hydrogen-bond donors (Lipinski definition) is 1. The molecule has 0 unspecified atom stereocenters. The zero-order valence-electron chi connectivity index (χ0n) is 13.8. The minimum atomic E-state index is -4.86. The second kappa shape index (κ2) is 7.34. The number of halogens is 6. The van der Waals surface area contributed by atoms with Crippen molar-refractivity contribution >= 4 is 11.6 Å². The van der Waals surface area contributed by atoms with Crippen molar-refractivity contribution in [3.05, 3.63) is 83.4 Å². The van der Waals surface area contributed by atoms with Gasteiger partial charge in [0.25, 0.3) is 5.91 Å². The fourth-order valence-corrected chi connectivity index (χ4v) is 2.56. The van der Waals surface area contributed by atoms with E-state index in [1.165, 1.54) is 24.3 Å². The molecule has 0 aliphatic rings. The number of carbonyl (C=O) groups is 1. The number of aromatic nitrogens is 1. The van der Waals surface area contributed by atoms with Gasteiger partial charge in [-0.25, -0.2) is 13.2 Å². The quantitative estimate of drug-likeness (QED) is 0.473. The number of rotatable bonds is 3. The monoisotopic (exact) mass is 396 g/mol. The SMILES string of the molecule is O=C(Nc1ccccc1-c1cc(F)c(F)cc1F)c1cccnc1C(F)(F)F. The van der Waals surface area contributed by atoms with Gasteiger partial charge >= 0.3 is 6.18 Å². The van der Waals surface area contributed by atoms with E-state index in [-0.39, 0.29) is 16.8 Å². The predicted octanol–water partition coefficient (Wildman–Crippen LogP) is 5.44. The molecule has 3 nitrogen and oxygen atoms in total. The molecule has 3 rings (SSSR count). The second-order valence-corrected chi connectivity index (χ2v) is 5.64. The van der Waals surface area contributed by atoms with Gasteiger partial charge in [0.1, 0.15) is 5.82 Å². The first-order chi connectivity index (χ1) is 13.2. The number of hydrogen-bond acceptors (Lipinski definition) is 2. The Morgan fingerprint density at radius 3 is 2.25 bits per heavy atom. The highest BCUT2D eigenvalue weighted by molar-refractivity contribution is 6.07. The summed E-state index contributed by atoms with van der Waals surface area (Å²) in [4.78, 5) is 15.6. The zero-order chi connectivity index (χ0) is 20.5. The Morgan fingerprint density at radius 1 is 0.857 bits per heavy atom. The average molecular weight is 396 g/mol. The predicted molar refractivity (Wildman–Crippen MR) is 88.9 cm³/mol. The van der Waals surface area contributed by atoms with E-state index in [0.29, 0.717) is 12.1 Å². The number of anilines is 1. The molecule has 1 amide bonds. The van der Waals surface area contributed by atoms with Crippen LogP contribution in [0.1, 0.15) is 16.1 Å². The van der Waals surface area contributed by atoms with Crippen LogP contribution < -0.4 is 5.32 Å². The second-order valence-electron chi connectivity index (χ2n) is 5.64. The van der Waals surface area contributed by atoms with Crippen LogP contribution in [0, 0.1) is 17.5 Å². The topological polar surface area (TPSA) is 42.0 Å². The molecule has 1 heterocycles. The first-order valence-electron chi connectivity index (χ1n) is 7.76. The minimum absolute atomic E-state index is 0.0373. The summed E-state index contributed by atoms with van der Waals surface area (Å²) >= 11 is 0. The molecule has 3 aromatic rings. The highest BCUT2D eigenvalue weighted by Gasteiger charge is 2.37. The van der Waals surface area contributed by atoms with Gasteiger partial charge in [-0.1, -0.05) is 18.2 Å². The van der Waals surface area contributed by atoms with Crippen LogP contribution in [0.4, 0.5) is 32.0 Å². The number of para-hydroxylation sites is 1. The Labute approximate surface area is 154 Å². The summed E-state index contributed by atoms with van der Waals surface area (Å²) in [5, 5.41) is 2.24. The Kier molecular flexibility index (Phi) is 5.08. The summed E-state index contributed by atoms with van der Waals surface area (Å²) in [6, 6.07) is 8.50. The maximum Gasteiger partial charge on any atom is 0.434 e. The summed E-state index contributed by atoms with van der Waals surface area (Å²) < 4.78 is 80.0. The normalized spacial score (nSPS) is 11.4. The van der Waals surface area contributed by atoms with Gasteiger partial charge in [-0.05, 0) is 24.3 Å². The maximum atomic E-state index is 14.1. The van der Waals surface area contributed by atoms with Gasteiger partial charge in [0.05, 0.1) is 5.56 Å². The van der Waals surface area contributed by atoms with Crippen molar-refractivity contribution in [2.45, 2.75) is 6.18 Å². The van der Waals surface area contributed by atoms with Gasteiger partial charge in [-0.15, -0.1) is 0 Å². The first kappa shape index (κ1) is 19.4. The molecule has 144 valence electrons. The molecular formula is C19H10F6N2O. The van der Waals surface area contributed by atoms with Crippen LogP contribution >= 0.6 is 0 Å². The standard InChI is InChI=1S/C19H10F6N2O/c20-13-9-15(22)14(21)8-12(13)10-4-1-2-6-16(10)27-18(28)11-5-3-7-26-17(11)19(23,24)25/h1-9H,(H,27,28). The van der Waals surface area contributed by atoms with E-state index >= 15 is 0 Å². The lowest BCUT2D eigenvalue weighted by Crippen LogP contribution is -2.20. The molecule has 0 bridgehead atoms. The summed E-state index contributed by atoms with van der Waals surface area (Å²) in [6.07, 6.45) is -3.97. The van der Waals surface area contributed by atoms with E-state index in [0.717, 1.165) is 18.3 Å². The lowest BCUT2D eigenvalue weighted by molar-refractivity contribution is -0.141. The fourth-order valence-electron chi connectivity index (χ4n) is 2.56. The smallest absolute Gasteiger partial charge is 0.321 e. The molecular weight excluding hydrogens is 386 g/mol. The molecule has 0 radical (unpaired) electrons. The van der Waals surface area contributed by atoms with Gasteiger partial charge < -0.3 is 5.32 Å². The van der Waals surface area contributed by atoms with E-state index in [2.05, 4.69) is 10.3 Å². The molecule has 0 saturated carbocycles. The van der Waals surface area contributed by atoms with Gasteiger partial charge in [0.2, 0.25) is 0 Å². The molecule has 0 spiro atoms. The number of nitrogens with zero attached hydrogens (tertiary/aromatic N) is 1. The molecule has 0 aliphatic carbocycles. The Morgan fingerprint density at radius 2 is 1.54 bits per heavy atom. The van der Waals surface area contributed by atoms with Gasteiger partial charge in [-0.2, -0.15) is 13.2 Å². The molecule has 0 aliphatic heterocycles. The summed E-state index contributed by atoms with van der Waals surface area (Å²) in [5.74, 6) is -4.95. The number of alkyl halides is 3. The van der Waals surface area contributed by atoms with Crippen molar-refractivity contribution in [1.29, 1.82) is 0 Å². The zero-order valence-corrected chi connectivity index (χ0v) is 13.8. The highest BCUT2D eigenvalue weighted by Crippen LogP contribution is 2.33. The van der Waals surface area contributed by atoms with Gasteiger partial charge in [-0.3, -0.25) is 9.78 Å². The molecule has 2 aromatic carbocycles. The van der Waals surface area contributed by atoms with E-state index in [1.807, 2.05) is 0 Å². The third kappa shape index (κ3) is 3.83. The maximum absolute atomic E-state index is 14.1. The number of pyridine rings is 1. The lowest BCUT2D eigenvalue weighted by atomic mass is 10.0. The van der Waals surface area contributed by atoms with Crippen molar-refractivity contribution in [3.63, 3.8) is 0 Å². The van der Waals surface area contributed by atoms with Crippen molar-refractivity contribution in [3.8, 4) is 11.1 Å². The summed E-state index contributed by atoms with van der Waals surface area (Å²) in [6.45, 7) is 0. The number of nitrogens with one attached hydrogen (secondary N) is 1. The molecule has 0 saturated heterocycles. The van der Waals surface area contributed by atoms with Crippen LogP contribution in [0.2, 0.25) is 0 Å². The van der Waals surface area contributed by atoms with Crippen LogP contribution in [0.5, 0.6) is 0 Å². The minimum Gasteiger partial charge on any atom is -0.321 e. The van der Waals surface area contributed by atoms with Crippen LogP contribution in [0.25, 0.3) is 11.1 Å². The first-order valence-corrected chi connectivity index (χ1v) is 7.76. The van der Waals surface area contributed by atoms with Gasteiger partial charge in [0, 0.05) is 29.1 Å². The Hall–Kier alpha value is -3.36. The van der Waals surface area contributed by atoms with Crippen LogP contribution in [-0.4, -0.2) is 10.9 Å². The number of benzene rings is 2. The van der Waals surface area contributed by atoms with E-state index in [1.54, 1.807) is 0 Å². The molecule has 0 fully saturated rings. The average Bonchev–Trinajstić information content (AvgIpc) is 2.64. The lowest BCUT2D eigenvalue weighted by Gasteiger charge is -2.14. The van der Waals surface area contributed by atoms with Crippen molar-refractivity contribution < 1.29 is 31.1 Å². The van der Waals surface area contributed by atoms with Crippen molar-refractivity contribution in [2.75, 3.05) is 5.32 Å². The largest absolute Gasteiger partial charge is 0.434 e. The van der Waals surface area contributed by atoms with E-state index in [9.17, 15) is 31.1 Å². The van der Waals surface area contributed by atoms with Crippen molar-refractivity contribution in [2.24, 2.45) is 0 Å². The number of carbonyl (C=O) groups excluding carboxylic acids is 1. The third-order valence-corrected chi connectivity index (χ3v) is 3.80. The third-order valence-electron chi connectivity index (χ3n) is 3.80. The molecule has 0 atom stereocenters. The van der Waals surface area contributed by atoms with E-state index in [4.69, 9.17) is 0 Å². The molecule has 1 N–H and O–H groups in total. The van der Waals surface area contributed by atoms with Gasteiger partial charge in [0.15, 0.2) is 17.3 Å². The van der Waals surface area contributed by atoms with Crippen LogP contribution in [0.15, 0.2) is 54.7 Å². The van der Waals surface area contributed by atoms with Crippen LogP contribution in [0.3, 0.4) is 0 Å². The summed E-state index contributed by atoms with van der Waals surface area (Å²) in [7, 11) is 0. The Bertz CT molecular complexity index is 1050. The number of amides is 1. The molecule has 28 heavy (non-hydrogen) atoms. The molecule has 9 heteroatoms. The van der Waals surface area contributed by atoms with E-state index < -0.39 is 40.8 Å². The van der Waals surface area contributed by atoms with Crippen molar-refractivity contribution in [1.82, 2.24) is 4.98 Å². The Balaban J connectivity index is 2.03. The molecule has 1 aromatic heterocycles. The summed E-state index contributed by atoms with van der Waals surface area (Å²) in [5.41, 5.74) is -2.62.